The summed E-state index contributed by atoms with van der Waals surface area (Å²) in [6, 6.07) is 3.21. The number of halogens is 1. The Bertz CT molecular complexity index is 361. The van der Waals surface area contributed by atoms with Crippen LogP contribution in [0.3, 0.4) is 0 Å². The maximum atomic E-state index is 11.1. The molecule has 0 saturated heterocycles. The van der Waals surface area contributed by atoms with Crippen LogP contribution in [-0.4, -0.2) is 15.4 Å². The molecule has 0 aromatic carbocycles. The van der Waals surface area contributed by atoms with Gasteiger partial charge in [0.2, 0.25) is 0 Å². The first-order valence-corrected chi connectivity index (χ1v) is 5.20. The predicted molar refractivity (Wildman–Crippen MR) is 44.3 cm³/mol. The second-order valence-electron chi connectivity index (χ2n) is 2.13. The molecule has 3 nitrogen and oxygen atoms in total. The highest BCUT2D eigenvalue weighted by Gasteiger charge is 2.08. The van der Waals surface area contributed by atoms with Crippen molar-refractivity contribution >= 4 is 21.3 Å². The Hall–Kier alpha value is -0.610. The SMILES string of the molecule is CS(=N)(=O)c1ncccc1Cl. The van der Waals surface area contributed by atoms with Crippen molar-refractivity contribution in [3.63, 3.8) is 0 Å². The van der Waals surface area contributed by atoms with Gasteiger partial charge < -0.3 is 0 Å². The summed E-state index contributed by atoms with van der Waals surface area (Å²) in [4.78, 5) is 3.75. The first-order valence-electron chi connectivity index (χ1n) is 2.86. The predicted octanol–water partition coefficient (Wildman–Crippen LogP) is 1.77. The fourth-order valence-electron chi connectivity index (χ4n) is 0.658. The zero-order chi connectivity index (χ0) is 8.48. The number of pyridine rings is 1. The molecule has 1 N–H and O–H groups in total. The van der Waals surface area contributed by atoms with E-state index in [2.05, 4.69) is 4.98 Å². The Kier molecular flexibility index (Phi) is 2.15. The second kappa shape index (κ2) is 2.79. The van der Waals surface area contributed by atoms with E-state index in [1.165, 1.54) is 12.5 Å². The van der Waals surface area contributed by atoms with Crippen LogP contribution in [0.25, 0.3) is 0 Å². The Balaban J connectivity index is 3.37. The van der Waals surface area contributed by atoms with Crippen LogP contribution in [0.4, 0.5) is 0 Å². The van der Waals surface area contributed by atoms with Crippen LogP contribution in [0.15, 0.2) is 23.4 Å². The van der Waals surface area contributed by atoms with Crippen LogP contribution in [0, 0.1) is 4.78 Å². The topological polar surface area (TPSA) is 53.8 Å². The highest BCUT2D eigenvalue weighted by molar-refractivity contribution is 7.91. The van der Waals surface area contributed by atoms with Crippen molar-refractivity contribution in [2.24, 2.45) is 0 Å². The molecular formula is C6H7ClN2OS. The molecule has 0 aliphatic heterocycles. The molecule has 11 heavy (non-hydrogen) atoms. The first kappa shape index (κ1) is 8.49. The molecule has 5 heteroatoms. The smallest absolute Gasteiger partial charge is 0.153 e. The molecule has 0 amide bonds. The summed E-state index contributed by atoms with van der Waals surface area (Å²) in [5, 5.41) is 0.441. The number of hydrogen-bond donors (Lipinski definition) is 1. The molecule has 1 unspecified atom stereocenters. The molecule has 1 heterocycles. The van der Waals surface area contributed by atoms with Crippen molar-refractivity contribution in [1.82, 2.24) is 4.98 Å². The molecule has 1 aromatic rings. The van der Waals surface area contributed by atoms with E-state index in [9.17, 15) is 4.21 Å². The standard InChI is InChI=1S/C6H7ClN2OS/c1-11(8,10)6-5(7)3-2-4-9-6/h2-4,8H,1H3. The van der Waals surface area contributed by atoms with Gasteiger partial charge in [-0.1, -0.05) is 11.6 Å². The van der Waals surface area contributed by atoms with Gasteiger partial charge in [0.25, 0.3) is 0 Å². The lowest BCUT2D eigenvalue weighted by Gasteiger charge is -2.00. The van der Waals surface area contributed by atoms with E-state index in [0.717, 1.165) is 0 Å². The Morgan fingerprint density at radius 1 is 1.73 bits per heavy atom. The zero-order valence-electron chi connectivity index (χ0n) is 5.87. The van der Waals surface area contributed by atoms with E-state index >= 15 is 0 Å². The lowest BCUT2D eigenvalue weighted by atomic mass is 10.5. The maximum absolute atomic E-state index is 11.1. The van der Waals surface area contributed by atoms with Gasteiger partial charge in [-0.3, -0.25) is 0 Å². The third-order valence-electron chi connectivity index (χ3n) is 1.09. The monoisotopic (exact) mass is 190 g/mol. The number of aromatic nitrogens is 1. The molecule has 0 aliphatic carbocycles. The Morgan fingerprint density at radius 3 is 2.73 bits per heavy atom. The molecular weight excluding hydrogens is 184 g/mol. The van der Waals surface area contributed by atoms with Crippen molar-refractivity contribution in [3.05, 3.63) is 23.4 Å². The summed E-state index contributed by atoms with van der Waals surface area (Å²) in [6.07, 6.45) is 2.76. The van der Waals surface area contributed by atoms with E-state index in [-0.39, 0.29) is 10.0 Å². The fourth-order valence-corrected chi connectivity index (χ4v) is 1.92. The minimum Gasteiger partial charge on any atom is -0.248 e. The average Bonchev–Trinajstić information content (AvgIpc) is 1.86. The molecule has 0 aliphatic rings. The van der Waals surface area contributed by atoms with Crippen molar-refractivity contribution in [2.45, 2.75) is 5.03 Å². The van der Waals surface area contributed by atoms with Gasteiger partial charge in [0.1, 0.15) is 0 Å². The lowest BCUT2D eigenvalue weighted by Crippen LogP contribution is -1.98. The van der Waals surface area contributed by atoms with Crippen molar-refractivity contribution in [3.8, 4) is 0 Å². The summed E-state index contributed by atoms with van der Waals surface area (Å²) in [5.41, 5.74) is 0. The molecule has 0 radical (unpaired) electrons. The van der Waals surface area contributed by atoms with Gasteiger partial charge in [0, 0.05) is 12.5 Å². The fraction of sp³-hybridized carbons (Fsp3) is 0.167. The summed E-state index contributed by atoms with van der Waals surface area (Å²) in [6.45, 7) is 0. The summed E-state index contributed by atoms with van der Waals surface area (Å²) in [5.74, 6) is 0. The zero-order valence-corrected chi connectivity index (χ0v) is 7.45. The van der Waals surface area contributed by atoms with Gasteiger partial charge >= 0.3 is 0 Å². The molecule has 0 saturated carbocycles. The largest absolute Gasteiger partial charge is 0.248 e. The van der Waals surface area contributed by atoms with Gasteiger partial charge in [-0.15, -0.1) is 0 Å². The van der Waals surface area contributed by atoms with Gasteiger partial charge in [-0.05, 0) is 12.1 Å². The van der Waals surface area contributed by atoms with E-state index in [1.807, 2.05) is 0 Å². The number of nitrogens with one attached hydrogen (secondary N) is 1. The maximum Gasteiger partial charge on any atom is 0.153 e. The molecule has 0 bridgehead atoms. The van der Waals surface area contributed by atoms with Crippen LogP contribution in [0.2, 0.25) is 5.02 Å². The van der Waals surface area contributed by atoms with Crippen LogP contribution < -0.4 is 0 Å². The van der Waals surface area contributed by atoms with E-state index in [0.29, 0.717) is 0 Å². The van der Waals surface area contributed by atoms with Gasteiger partial charge in [0.15, 0.2) is 5.03 Å². The van der Waals surface area contributed by atoms with Crippen molar-refractivity contribution in [2.75, 3.05) is 6.26 Å². The Labute approximate surface area is 70.4 Å². The molecule has 60 valence electrons. The molecule has 1 aromatic heterocycles. The Morgan fingerprint density at radius 2 is 2.36 bits per heavy atom. The van der Waals surface area contributed by atoms with E-state index in [4.69, 9.17) is 16.4 Å². The molecule has 0 spiro atoms. The minimum absolute atomic E-state index is 0.154. The first-order chi connectivity index (χ1) is 5.02. The van der Waals surface area contributed by atoms with Gasteiger partial charge in [0.05, 0.1) is 14.8 Å². The number of nitrogens with zero attached hydrogens (tertiary/aromatic N) is 1. The molecule has 0 fully saturated rings. The third kappa shape index (κ3) is 1.91. The van der Waals surface area contributed by atoms with E-state index in [1.54, 1.807) is 12.1 Å². The second-order valence-corrected chi connectivity index (χ2v) is 4.62. The van der Waals surface area contributed by atoms with Gasteiger partial charge in [-0.25, -0.2) is 14.0 Å². The van der Waals surface area contributed by atoms with Crippen LogP contribution in [0.1, 0.15) is 0 Å². The average molecular weight is 191 g/mol. The minimum atomic E-state index is -2.78. The summed E-state index contributed by atoms with van der Waals surface area (Å²) in [7, 11) is -2.78. The molecule has 1 atom stereocenters. The van der Waals surface area contributed by atoms with Gasteiger partial charge in [-0.2, -0.15) is 0 Å². The third-order valence-corrected chi connectivity index (χ3v) is 2.57. The lowest BCUT2D eigenvalue weighted by molar-refractivity contribution is 0.676. The highest BCUT2D eigenvalue weighted by Crippen LogP contribution is 2.17. The van der Waals surface area contributed by atoms with E-state index < -0.39 is 9.73 Å². The van der Waals surface area contributed by atoms with Crippen LogP contribution in [-0.2, 0) is 9.73 Å². The summed E-state index contributed by atoms with van der Waals surface area (Å²) < 4.78 is 18.3. The normalized spacial score (nSPS) is 15.8. The van der Waals surface area contributed by atoms with Crippen molar-refractivity contribution < 1.29 is 4.21 Å². The molecule has 1 rings (SSSR count). The van der Waals surface area contributed by atoms with Crippen LogP contribution >= 0.6 is 11.6 Å². The van der Waals surface area contributed by atoms with Crippen molar-refractivity contribution in [1.29, 1.82) is 4.78 Å². The highest BCUT2D eigenvalue weighted by atomic mass is 35.5. The quantitative estimate of drug-likeness (QED) is 0.734. The van der Waals surface area contributed by atoms with Crippen LogP contribution in [0.5, 0.6) is 0 Å². The summed E-state index contributed by atoms with van der Waals surface area (Å²) >= 11 is 5.65. The number of rotatable bonds is 1. The number of hydrogen-bond acceptors (Lipinski definition) is 3.